The fourth-order valence-electron chi connectivity index (χ4n) is 1.16. The number of ether oxygens (including phenoxy) is 1. The Labute approximate surface area is 169 Å². The molecule has 0 unspecified atom stereocenters. The summed E-state index contributed by atoms with van der Waals surface area (Å²) in [5.74, 6) is 0. The number of pyridine rings is 2. The van der Waals surface area contributed by atoms with Crippen molar-refractivity contribution in [3.8, 4) is 0 Å². The zero-order valence-electron chi connectivity index (χ0n) is 11.4. The molecular weight excluding hydrogens is 570 g/mol. The maximum absolute atomic E-state index is 5.86. The van der Waals surface area contributed by atoms with Gasteiger partial charge in [0.05, 0.1) is 16.4 Å². The van der Waals surface area contributed by atoms with Crippen LogP contribution in [0.3, 0.4) is 0 Å². The third-order valence-electron chi connectivity index (χ3n) is 2.12. The SMILES string of the molecule is CCO/C=C/c1ccc(Br)nc1Cl.Clc1nc(Br)ccc1I. The molecule has 2 aromatic rings. The minimum absolute atomic E-state index is 0.463. The van der Waals surface area contributed by atoms with Gasteiger partial charge in [0.15, 0.2) is 0 Å². The zero-order valence-corrected chi connectivity index (χ0v) is 18.2. The summed E-state index contributed by atoms with van der Waals surface area (Å²) in [6.45, 7) is 2.57. The molecule has 2 aromatic heterocycles. The summed E-state index contributed by atoms with van der Waals surface area (Å²) in [6.07, 6.45) is 3.39. The van der Waals surface area contributed by atoms with Crippen molar-refractivity contribution in [2.45, 2.75) is 6.92 Å². The van der Waals surface area contributed by atoms with E-state index in [-0.39, 0.29) is 0 Å². The number of nitrogens with zero attached hydrogens (tertiary/aromatic N) is 2. The Morgan fingerprint density at radius 1 is 1.09 bits per heavy atom. The average Bonchev–Trinajstić information content (AvgIpc) is 2.46. The number of rotatable bonds is 3. The lowest BCUT2D eigenvalue weighted by molar-refractivity contribution is 0.272. The molecule has 0 saturated heterocycles. The molecular formula is C14H11Br2Cl2IN2O. The number of hydrogen-bond acceptors (Lipinski definition) is 3. The van der Waals surface area contributed by atoms with Gasteiger partial charge in [-0.1, -0.05) is 23.2 Å². The summed E-state index contributed by atoms with van der Waals surface area (Å²) in [5, 5.41) is 1.01. The maximum atomic E-state index is 5.86. The molecule has 0 aromatic carbocycles. The van der Waals surface area contributed by atoms with Gasteiger partial charge in [0.25, 0.3) is 0 Å². The van der Waals surface area contributed by atoms with E-state index in [1.165, 1.54) is 0 Å². The second-order valence-corrected chi connectivity index (χ2v) is 7.18. The van der Waals surface area contributed by atoms with Gasteiger partial charge in [-0.2, -0.15) is 0 Å². The first-order valence-electron chi connectivity index (χ1n) is 6.01. The van der Waals surface area contributed by atoms with E-state index in [2.05, 4.69) is 64.4 Å². The summed E-state index contributed by atoms with van der Waals surface area (Å²) in [7, 11) is 0. The Balaban J connectivity index is 0.000000235. The Kier molecular flexibility index (Phi) is 9.90. The van der Waals surface area contributed by atoms with Crippen molar-refractivity contribution in [3.05, 3.63) is 59.2 Å². The van der Waals surface area contributed by atoms with Crippen molar-refractivity contribution in [3.63, 3.8) is 0 Å². The molecule has 118 valence electrons. The van der Waals surface area contributed by atoms with Crippen LogP contribution in [0.15, 0.2) is 39.7 Å². The summed E-state index contributed by atoms with van der Waals surface area (Å²) in [5.41, 5.74) is 0.846. The Morgan fingerprint density at radius 2 is 1.68 bits per heavy atom. The minimum atomic E-state index is 0.463. The van der Waals surface area contributed by atoms with Gasteiger partial charge in [-0.05, 0) is 91.7 Å². The molecule has 0 radical (unpaired) electrons. The highest BCUT2D eigenvalue weighted by Crippen LogP contribution is 2.18. The molecule has 0 N–H and O–H groups in total. The van der Waals surface area contributed by atoms with E-state index >= 15 is 0 Å². The van der Waals surface area contributed by atoms with Crippen LogP contribution >= 0.6 is 77.7 Å². The summed E-state index contributed by atoms with van der Waals surface area (Å²) >= 11 is 20.1. The van der Waals surface area contributed by atoms with Gasteiger partial charge < -0.3 is 4.74 Å². The first-order valence-corrected chi connectivity index (χ1v) is 9.43. The fraction of sp³-hybridized carbons (Fsp3) is 0.143. The molecule has 0 saturated carbocycles. The van der Waals surface area contributed by atoms with Gasteiger partial charge in [0.2, 0.25) is 0 Å². The van der Waals surface area contributed by atoms with E-state index in [4.69, 9.17) is 27.9 Å². The van der Waals surface area contributed by atoms with Crippen LogP contribution in [0, 0.1) is 3.57 Å². The van der Waals surface area contributed by atoms with Gasteiger partial charge in [-0.3, -0.25) is 0 Å². The molecule has 0 aliphatic carbocycles. The standard InChI is InChI=1S/C9H9BrClNO.C5H2BrClIN/c1-2-13-6-5-7-3-4-8(10)12-9(7)11;6-4-2-1-3(8)5(7)9-4/h3-6H,2H2,1H3;1-2H/b6-5+;. The van der Waals surface area contributed by atoms with Crippen molar-refractivity contribution < 1.29 is 4.74 Å². The monoisotopic (exact) mass is 578 g/mol. The molecule has 3 nitrogen and oxygen atoms in total. The Morgan fingerprint density at radius 3 is 2.18 bits per heavy atom. The molecule has 0 aliphatic rings. The van der Waals surface area contributed by atoms with E-state index in [0.29, 0.717) is 16.9 Å². The van der Waals surface area contributed by atoms with Crippen LogP contribution in [0.1, 0.15) is 12.5 Å². The summed E-state index contributed by atoms with van der Waals surface area (Å²) in [6, 6.07) is 7.46. The third kappa shape index (κ3) is 7.59. The molecule has 0 amide bonds. The van der Waals surface area contributed by atoms with Crippen LogP contribution in [0.5, 0.6) is 0 Å². The fourth-order valence-corrected chi connectivity index (χ4v) is 2.65. The molecule has 2 heterocycles. The molecule has 0 fully saturated rings. The largest absolute Gasteiger partial charge is 0.501 e. The highest BCUT2D eigenvalue weighted by molar-refractivity contribution is 14.1. The molecule has 0 spiro atoms. The van der Waals surface area contributed by atoms with Crippen LogP contribution in [0.4, 0.5) is 0 Å². The molecule has 0 bridgehead atoms. The minimum Gasteiger partial charge on any atom is -0.501 e. The van der Waals surface area contributed by atoms with E-state index in [1.54, 1.807) is 12.3 Å². The van der Waals surface area contributed by atoms with Crippen molar-refractivity contribution in [1.29, 1.82) is 0 Å². The van der Waals surface area contributed by atoms with E-state index in [1.807, 2.05) is 31.2 Å². The lowest BCUT2D eigenvalue weighted by Gasteiger charge is -1.97. The molecule has 0 aliphatic heterocycles. The lowest BCUT2D eigenvalue weighted by Crippen LogP contribution is -1.82. The molecule has 2 rings (SSSR count). The van der Waals surface area contributed by atoms with Crippen molar-refractivity contribution in [1.82, 2.24) is 9.97 Å². The van der Waals surface area contributed by atoms with Crippen LogP contribution < -0.4 is 0 Å². The second kappa shape index (κ2) is 10.8. The first kappa shape index (κ1) is 20.2. The van der Waals surface area contributed by atoms with Crippen molar-refractivity contribution in [2.75, 3.05) is 6.61 Å². The normalized spacial score (nSPS) is 10.3. The van der Waals surface area contributed by atoms with Crippen molar-refractivity contribution in [2.24, 2.45) is 0 Å². The van der Waals surface area contributed by atoms with Crippen LogP contribution in [0.25, 0.3) is 6.08 Å². The quantitative estimate of drug-likeness (QED) is 0.233. The molecule has 8 heteroatoms. The summed E-state index contributed by atoms with van der Waals surface area (Å²) in [4.78, 5) is 7.98. The first-order chi connectivity index (χ1) is 10.4. The van der Waals surface area contributed by atoms with Gasteiger partial charge in [-0.25, -0.2) is 9.97 Å². The number of aromatic nitrogens is 2. The van der Waals surface area contributed by atoms with Gasteiger partial charge in [0.1, 0.15) is 19.5 Å². The number of halogens is 5. The van der Waals surface area contributed by atoms with Crippen LogP contribution in [-0.4, -0.2) is 16.6 Å². The van der Waals surface area contributed by atoms with Gasteiger partial charge in [-0.15, -0.1) is 0 Å². The topological polar surface area (TPSA) is 35.0 Å². The van der Waals surface area contributed by atoms with E-state index < -0.39 is 0 Å². The third-order valence-corrected chi connectivity index (χ3v) is 4.79. The van der Waals surface area contributed by atoms with Gasteiger partial charge >= 0.3 is 0 Å². The Hall–Kier alpha value is 0.110. The second-order valence-electron chi connectivity index (χ2n) is 3.68. The van der Waals surface area contributed by atoms with E-state index in [9.17, 15) is 0 Å². The van der Waals surface area contributed by atoms with Crippen LogP contribution in [0.2, 0.25) is 10.3 Å². The highest BCUT2D eigenvalue weighted by atomic mass is 127. The predicted octanol–water partition coefficient (Wildman–Crippen LogP) is 6.61. The average molecular weight is 581 g/mol. The van der Waals surface area contributed by atoms with Crippen molar-refractivity contribution >= 4 is 83.7 Å². The summed E-state index contributed by atoms with van der Waals surface area (Å²) < 4.78 is 7.51. The molecule has 0 atom stereocenters. The Bertz CT molecular complexity index is 657. The highest BCUT2D eigenvalue weighted by Gasteiger charge is 1.98. The zero-order chi connectivity index (χ0) is 16.5. The number of hydrogen-bond donors (Lipinski definition) is 0. The van der Waals surface area contributed by atoms with E-state index in [0.717, 1.165) is 18.3 Å². The van der Waals surface area contributed by atoms with Gasteiger partial charge in [0, 0.05) is 5.56 Å². The smallest absolute Gasteiger partial charge is 0.143 e. The molecule has 22 heavy (non-hydrogen) atoms. The maximum Gasteiger partial charge on any atom is 0.143 e. The van der Waals surface area contributed by atoms with Crippen LogP contribution in [-0.2, 0) is 4.74 Å². The predicted molar refractivity (Wildman–Crippen MR) is 107 cm³/mol. The lowest BCUT2D eigenvalue weighted by atomic mass is 10.3.